The third kappa shape index (κ3) is 3.52. The van der Waals surface area contributed by atoms with Gasteiger partial charge in [0, 0.05) is 6.20 Å². The molecule has 0 saturated heterocycles. The number of rotatable bonds is 5. The van der Waals surface area contributed by atoms with E-state index in [2.05, 4.69) is 10.3 Å². The van der Waals surface area contributed by atoms with Crippen molar-refractivity contribution in [3.8, 4) is 0 Å². The van der Waals surface area contributed by atoms with Crippen LogP contribution in [0, 0.1) is 5.82 Å². The average Bonchev–Trinajstić information content (AvgIpc) is 2.44. The van der Waals surface area contributed by atoms with Gasteiger partial charge in [-0.2, -0.15) is 0 Å². The van der Waals surface area contributed by atoms with Crippen LogP contribution in [0.2, 0.25) is 5.02 Å². The van der Waals surface area contributed by atoms with E-state index >= 15 is 0 Å². The molecule has 1 N–H and O–H groups in total. The number of nitrogens with one attached hydrogen (secondary N) is 1. The van der Waals surface area contributed by atoms with Gasteiger partial charge in [-0.1, -0.05) is 36.7 Å². The van der Waals surface area contributed by atoms with E-state index in [9.17, 15) is 4.39 Å². The summed E-state index contributed by atoms with van der Waals surface area (Å²) in [7, 11) is 0. The molecule has 0 bridgehead atoms. The first-order valence-corrected chi connectivity index (χ1v) is 6.67. The molecule has 1 aromatic heterocycles. The quantitative estimate of drug-likeness (QED) is 0.901. The smallest absolute Gasteiger partial charge is 0.142 e. The van der Waals surface area contributed by atoms with Gasteiger partial charge in [-0.25, -0.2) is 4.39 Å². The summed E-state index contributed by atoms with van der Waals surface area (Å²) >= 11 is 6.00. The zero-order valence-electron chi connectivity index (χ0n) is 10.7. The summed E-state index contributed by atoms with van der Waals surface area (Å²) in [5, 5.41) is 3.55. The average molecular weight is 279 g/mol. The Bertz CT molecular complexity index is 531. The maximum Gasteiger partial charge on any atom is 0.142 e. The second-order valence-electron chi connectivity index (χ2n) is 4.28. The number of hydrogen-bond acceptors (Lipinski definition) is 2. The van der Waals surface area contributed by atoms with Gasteiger partial charge in [0.15, 0.2) is 0 Å². The molecule has 1 atom stereocenters. The predicted octanol–water partition coefficient (Wildman–Crippen LogP) is 3.77. The van der Waals surface area contributed by atoms with Crippen molar-refractivity contribution in [1.82, 2.24) is 10.3 Å². The molecule has 0 fully saturated rings. The Kier molecular flexibility index (Phi) is 4.88. The second kappa shape index (κ2) is 6.64. The van der Waals surface area contributed by atoms with E-state index in [1.165, 1.54) is 6.07 Å². The predicted molar refractivity (Wildman–Crippen MR) is 75.8 cm³/mol. The minimum absolute atomic E-state index is 0.0329. The molecule has 100 valence electrons. The van der Waals surface area contributed by atoms with Crippen molar-refractivity contribution in [2.24, 2.45) is 0 Å². The molecule has 1 heterocycles. The van der Waals surface area contributed by atoms with Gasteiger partial charge in [0.1, 0.15) is 5.82 Å². The van der Waals surface area contributed by atoms with E-state index in [1.54, 1.807) is 12.3 Å². The van der Waals surface area contributed by atoms with Crippen LogP contribution in [0.5, 0.6) is 0 Å². The summed E-state index contributed by atoms with van der Waals surface area (Å²) in [6.45, 7) is 2.84. The Morgan fingerprint density at radius 3 is 2.79 bits per heavy atom. The maximum absolute atomic E-state index is 13.4. The summed E-state index contributed by atoms with van der Waals surface area (Å²) < 4.78 is 13.4. The first-order valence-electron chi connectivity index (χ1n) is 6.29. The number of benzene rings is 1. The molecule has 0 spiro atoms. The van der Waals surface area contributed by atoms with Crippen molar-refractivity contribution in [2.45, 2.75) is 19.4 Å². The summed E-state index contributed by atoms with van der Waals surface area (Å²) in [6.07, 6.45) is 2.37. The number of pyridine rings is 1. The van der Waals surface area contributed by atoms with E-state index < -0.39 is 0 Å². The number of hydrogen-bond donors (Lipinski definition) is 1. The summed E-state index contributed by atoms with van der Waals surface area (Å²) in [6, 6.07) is 10.7. The molecule has 0 aliphatic carbocycles. The van der Waals surface area contributed by atoms with Gasteiger partial charge in [-0.15, -0.1) is 0 Å². The van der Waals surface area contributed by atoms with Crippen LogP contribution >= 0.6 is 11.6 Å². The van der Waals surface area contributed by atoms with Gasteiger partial charge < -0.3 is 5.32 Å². The van der Waals surface area contributed by atoms with Crippen LogP contribution in [-0.2, 0) is 6.42 Å². The molecule has 0 saturated carbocycles. The Morgan fingerprint density at radius 2 is 2.11 bits per heavy atom. The SMILES string of the molecule is CCNC(Cc1cccc(F)c1Cl)c1ccccn1. The van der Waals surface area contributed by atoms with Crippen molar-refractivity contribution in [2.75, 3.05) is 6.54 Å². The third-order valence-corrected chi connectivity index (χ3v) is 3.37. The lowest BCUT2D eigenvalue weighted by Crippen LogP contribution is -2.24. The van der Waals surface area contributed by atoms with E-state index in [0.29, 0.717) is 6.42 Å². The number of nitrogens with zero attached hydrogens (tertiary/aromatic N) is 1. The van der Waals surface area contributed by atoms with Gasteiger partial charge in [-0.05, 0) is 36.7 Å². The van der Waals surface area contributed by atoms with Crippen LogP contribution in [0.1, 0.15) is 24.2 Å². The Labute approximate surface area is 117 Å². The highest BCUT2D eigenvalue weighted by Gasteiger charge is 2.15. The lowest BCUT2D eigenvalue weighted by molar-refractivity contribution is 0.534. The van der Waals surface area contributed by atoms with Crippen LogP contribution in [-0.4, -0.2) is 11.5 Å². The molecule has 19 heavy (non-hydrogen) atoms. The van der Waals surface area contributed by atoms with Crippen LogP contribution in [0.15, 0.2) is 42.6 Å². The highest BCUT2D eigenvalue weighted by atomic mass is 35.5. The molecule has 2 aromatic rings. The van der Waals surface area contributed by atoms with E-state index in [-0.39, 0.29) is 16.9 Å². The van der Waals surface area contributed by atoms with Gasteiger partial charge in [-0.3, -0.25) is 4.98 Å². The molecule has 0 radical (unpaired) electrons. The monoisotopic (exact) mass is 278 g/mol. The molecule has 0 amide bonds. The number of halogens is 2. The lowest BCUT2D eigenvalue weighted by atomic mass is 10.0. The fourth-order valence-electron chi connectivity index (χ4n) is 2.04. The fraction of sp³-hybridized carbons (Fsp3) is 0.267. The minimum Gasteiger partial charge on any atom is -0.309 e. The molecule has 2 nitrogen and oxygen atoms in total. The molecule has 4 heteroatoms. The molecule has 0 aliphatic heterocycles. The zero-order chi connectivity index (χ0) is 13.7. The van der Waals surface area contributed by atoms with Crippen LogP contribution in [0.25, 0.3) is 0 Å². The Morgan fingerprint density at radius 1 is 1.26 bits per heavy atom. The Hall–Kier alpha value is -1.45. The van der Waals surface area contributed by atoms with Gasteiger partial charge in [0.2, 0.25) is 0 Å². The zero-order valence-corrected chi connectivity index (χ0v) is 11.5. The second-order valence-corrected chi connectivity index (χ2v) is 4.66. The van der Waals surface area contributed by atoms with Crippen LogP contribution < -0.4 is 5.32 Å². The van der Waals surface area contributed by atoms with Gasteiger partial charge in [0.05, 0.1) is 16.8 Å². The summed E-state index contributed by atoms with van der Waals surface area (Å²) in [5.41, 5.74) is 1.72. The maximum atomic E-state index is 13.4. The first kappa shape index (κ1) is 14.0. The van der Waals surface area contributed by atoms with Crippen molar-refractivity contribution in [3.05, 3.63) is 64.7 Å². The molecule has 0 aliphatic rings. The van der Waals surface area contributed by atoms with Crippen LogP contribution in [0.3, 0.4) is 0 Å². The molecule has 1 unspecified atom stereocenters. The Balaban J connectivity index is 2.24. The van der Waals surface area contributed by atoms with E-state index in [0.717, 1.165) is 17.8 Å². The van der Waals surface area contributed by atoms with Crippen molar-refractivity contribution in [3.63, 3.8) is 0 Å². The normalized spacial score (nSPS) is 12.4. The lowest BCUT2D eigenvalue weighted by Gasteiger charge is -2.18. The van der Waals surface area contributed by atoms with E-state index in [4.69, 9.17) is 11.6 Å². The third-order valence-electron chi connectivity index (χ3n) is 2.95. The van der Waals surface area contributed by atoms with E-state index in [1.807, 2.05) is 31.2 Å². The van der Waals surface area contributed by atoms with Crippen molar-refractivity contribution < 1.29 is 4.39 Å². The fourth-order valence-corrected chi connectivity index (χ4v) is 2.24. The van der Waals surface area contributed by atoms with Gasteiger partial charge >= 0.3 is 0 Å². The molecular formula is C15H16ClFN2. The molecule has 1 aromatic carbocycles. The highest BCUT2D eigenvalue weighted by molar-refractivity contribution is 6.31. The minimum atomic E-state index is -0.379. The van der Waals surface area contributed by atoms with Crippen molar-refractivity contribution >= 4 is 11.6 Å². The van der Waals surface area contributed by atoms with Crippen LogP contribution in [0.4, 0.5) is 4.39 Å². The largest absolute Gasteiger partial charge is 0.309 e. The standard InChI is InChI=1S/C15H16ClFN2/c1-2-18-14(13-8-3-4-9-19-13)10-11-6-5-7-12(17)15(11)16/h3-9,14,18H,2,10H2,1H3. The number of likely N-dealkylation sites (N-methyl/N-ethyl adjacent to an activating group) is 1. The highest BCUT2D eigenvalue weighted by Crippen LogP contribution is 2.24. The van der Waals surface area contributed by atoms with Crippen molar-refractivity contribution in [1.29, 1.82) is 0 Å². The van der Waals surface area contributed by atoms with Gasteiger partial charge in [0.25, 0.3) is 0 Å². The summed E-state index contributed by atoms with van der Waals surface area (Å²) in [5.74, 6) is -0.379. The molecule has 2 rings (SSSR count). The number of aromatic nitrogens is 1. The molecular weight excluding hydrogens is 263 g/mol. The summed E-state index contributed by atoms with van der Waals surface area (Å²) in [4.78, 5) is 4.35. The first-order chi connectivity index (χ1) is 9.22. The topological polar surface area (TPSA) is 24.9 Å².